The molecule has 2 aromatic rings. The molecule has 4 heterocycles. The van der Waals surface area contributed by atoms with E-state index in [1.807, 2.05) is 0 Å². The van der Waals surface area contributed by atoms with Gasteiger partial charge in [0.1, 0.15) is 17.5 Å². The van der Waals surface area contributed by atoms with E-state index in [9.17, 15) is 5.26 Å². The van der Waals surface area contributed by atoms with Crippen LogP contribution in [0.15, 0.2) is 6.33 Å². The highest BCUT2D eigenvalue weighted by atomic mass is 28.5. The maximum Gasteiger partial charge on any atom is 0.335 e. The number of rotatable bonds is 5. The zero-order valence-corrected chi connectivity index (χ0v) is 24.4. The summed E-state index contributed by atoms with van der Waals surface area (Å²) in [5.41, 5.74) is 13.4. The highest BCUT2D eigenvalue weighted by Crippen LogP contribution is 2.49. The molecular formula is C23H39N7O4Si2. The first kappa shape index (κ1) is 27.0. The Morgan fingerprint density at radius 3 is 2.17 bits per heavy atom. The van der Waals surface area contributed by atoms with E-state index < -0.39 is 41.5 Å². The highest BCUT2D eigenvalue weighted by Gasteiger charge is 2.62. The molecular weight excluding hydrogens is 494 g/mol. The minimum Gasteiger partial charge on any atom is -0.414 e. The topological polar surface area (TPSA) is 156 Å². The number of nitrogens with two attached hydrogens (primary N) is 2. The Morgan fingerprint density at radius 2 is 1.61 bits per heavy atom. The summed E-state index contributed by atoms with van der Waals surface area (Å²) in [5.74, 6) is -0.436. The summed E-state index contributed by atoms with van der Waals surface area (Å²) >= 11 is 0. The molecule has 0 bridgehead atoms. The van der Waals surface area contributed by atoms with Gasteiger partial charge in [0.15, 0.2) is 17.7 Å². The van der Waals surface area contributed by atoms with Crippen molar-refractivity contribution in [1.82, 2.24) is 19.5 Å². The van der Waals surface area contributed by atoms with E-state index in [0.717, 1.165) is 0 Å². The van der Waals surface area contributed by atoms with E-state index in [1.54, 1.807) is 10.9 Å². The monoisotopic (exact) mass is 533 g/mol. The first-order chi connectivity index (χ1) is 16.9. The molecule has 0 saturated carbocycles. The van der Waals surface area contributed by atoms with Gasteiger partial charge in [0.25, 0.3) is 0 Å². The van der Waals surface area contributed by atoms with E-state index in [2.05, 4.69) is 76.4 Å². The van der Waals surface area contributed by atoms with Gasteiger partial charge < -0.3 is 29.2 Å². The van der Waals surface area contributed by atoms with Crippen LogP contribution in [0.4, 0.5) is 11.8 Å². The standard InChI is InChI=1S/C23H39N7O4Si2/c1-12(2)35(13(3)4)31-10-17-19(33-36(34-35,14(5)6)15(7)8)16(9-24)22(32-17)30-11-27-18-20(25)28-23(26)29-21(18)30/h11-17,19,22H,10H2,1-8H3,(H4,25,26,28,29)/t16-,17+,19-,22+/m0/s1. The van der Waals surface area contributed by atoms with E-state index >= 15 is 0 Å². The van der Waals surface area contributed by atoms with Crippen molar-refractivity contribution in [3.63, 3.8) is 0 Å². The lowest BCUT2D eigenvalue weighted by Crippen LogP contribution is -2.65. The second-order valence-corrected chi connectivity index (χ2v) is 19.9. The molecule has 0 spiro atoms. The van der Waals surface area contributed by atoms with Gasteiger partial charge in [0.05, 0.1) is 25.1 Å². The second kappa shape index (κ2) is 9.66. The number of aromatic nitrogens is 4. The summed E-state index contributed by atoms with van der Waals surface area (Å²) in [5, 5.41) is 10.4. The number of nitrogen functional groups attached to an aromatic ring is 2. The number of hydrogen-bond acceptors (Lipinski definition) is 10. The predicted octanol–water partition coefficient (Wildman–Crippen LogP) is 3.98. The summed E-state index contributed by atoms with van der Waals surface area (Å²) in [6, 6.07) is 2.44. The fourth-order valence-corrected chi connectivity index (χ4v) is 16.9. The quantitative estimate of drug-likeness (QED) is 0.539. The van der Waals surface area contributed by atoms with Crippen LogP contribution in [-0.4, -0.2) is 55.5 Å². The Kier molecular flexibility index (Phi) is 7.23. The lowest BCUT2D eigenvalue weighted by atomic mass is 10.0. The van der Waals surface area contributed by atoms with E-state index in [0.29, 0.717) is 11.2 Å². The summed E-state index contributed by atoms with van der Waals surface area (Å²) in [6.07, 6.45) is -0.120. The minimum atomic E-state index is -2.90. The van der Waals surface area contributed by atoms with Gasteiger partial charge in [-0.15, -0.1) is 0 Å². The Morgan fingerprint density at radius 1 is 1.00 bits per heavy atom. The molecule has 4 atom stereocenters. The summed E-state index contributed by atoms with van der Waals surface area (Å²) in [7, 11) is -5.61. The van der Waals surface area contributed by atoms with Crippen LogP contribution in [0.3, 0.4) is 0 Å². The van der Waals surface area contributed by atoms with Crippen molar-refractivity contribution >= 4 is 40.1 Å². The lowest BCUT2D eigenvalue weighted by Gasteiger charge is -2.51. The third-order valence-corrected chi connectivity index (χ3v) is 17.8. The van der Waals surface area contributed by atoms with E-state index in [-0.39, 0.29) is 40.5 Å². The average molecular weight is 534 g/mol. The van der Waals surface area contributed by atoms with Crippen LogP contribution >= 0.6 is 0 Å². The van der Waals surface area contributed by atoms with Gasteiger partial charge >= 0.3 is 17.1 Å². The van der Waals surface area contributed by atoms with Crippen molar-refractivity contribution in [3.8, 4) is 6.07 Å². The fourth-order valence-electron chi connectivity index (χ4n) is 5.67. The molecule has 2 saturated heterocycles. The van der Waals surface area contributed by atoms with Crippen LogP contribution in [0.5, 0.6) is 0 Å². The average Bonchev–Trinajstić information content (AvgIpc) is 3.33. The molecule has 0 aliphatic carbocycles. The maximum atomic E-state index is 10.4. The molecule has 2 aliphatic heterocycles. The van der Waals surface area contributed by atoms with Gasteiger partial charge in [-0.3, -0.25) is 4.57 Å². The van der Waals surface area contributed by atoms with Gasteiger partial charge in [-0.1, -0.05) is 55.4 Å². The minimum absolute atomic E-state index is 0.0305. The summed E-state index contributed by atoms with van der Waals surface area (Å²) in [4.78, 5) is 12.7. The van der Waals surface area contributed by atoms with Gasteiger partial charge in [0.2, 0.25) is 5.95 Å². The van der Waals surface area contributed by atoms with Crippen molar-refractivity contribution in [2.75, 3.05) is 18.1 Å². The molecule has 0 radical (unpaired) electrons. The molecule has 0 amide bonds. The molecule has 11 nitrogen and oxygen atoms in total. The zero-order chi connectivity index (χ0) is 26.6. The predicted molar refractivity (Wildman–Crippen MR) is 141 cm³/mol. The van der Waals surface area contributed by atoms with Crippen LogP contribution in [0.2, 0.25) is 22.2 Å². The third kappa shape index (κ3) is 4.13. The largest absolute Gasteiger partial charge is 0.414 e. The van der Waals surface area contributed by atoms with Crippen LogP contribution in [0.25, 0.3) is 11.2 Å². The van der Waals surface area contributed by atoms with Crippen LogP contribution in [-0.2, 0) is 17.7 Å². The molecule has 2 fully saturated rings. The Hall–Kier alpha value is -2.09. The second-order valence-electron chi connectivity index (χ2n) is 11.1. The SMILES string of the molecule is CC(C)[Si]1(C(C)C)OC[C@H]2O[C@@H](n3cnc4c(N)nc(N)nc43)[C@@H](C#N)[C@@H]2O[Si](C(C)C)(C(C)C)O1. The molecule has 0 unspecified atom stereocenters. The van der Waals surface area contributed by atoms with Crippen molar-refractivity contribution < 1.29 is 17.7 Å². The van der Waals surface area contributed by atoms with Crippen LogP contribution < -0.4 is 11.5 Å². The first-order valence-electron chi connectivity index (χ1n) is 12.7. The third-order valence-electron chi connectivity index (χ3n) is 7.56. The Labute approximate surface area is 215 Å². The number of imidazole rings is 1. The number of anilines is 2. The normalized spacial score (nSPS) is 28.0. The fraction of sp³-hybridized carbons (Fsp3) is 0.739. The maximum absolute atomic E-state index is 10.4. The Bertz CT molecular complexity index is 1130. The molecule has 0 aromatic carbocycles. The molecule has 4 rings (SSSR count). The number of fused-ring (bicyclic) bond motifs is 2. The van der Waals surface area contributed by atoms with Crippen molar-refractivity contribution in [2.24, 2.45) is 5.92 Å². The van der Waals surface area contributed by atoms with E-state index in [1.165, 1.54) is 0 Å². The van der Waals surface area contributed by atoms with E-state index in [4.69, 9.17) is 29.2 Å². The number of nitriles is 1. The molecule has 2 aromatic heterocycles. The summed E-state index contributed by atoms with van der Waals surface area (Å²) < 4.78 is 29.4. The zero-order valence-electron chi connectivity index (χ0n) is 22.4. The van der Waals surface area contributed by atoms with Gasteiger partial charge in [0, 0.05) is 0 Å². The molecule has 13 heteroatoms. The highest BCUT2D eigenvalue weighted by molar-refractivity contribution is 6.84. The number of ether oxygens (including phenoxy) is 1. The lowest BCUT2D eigenvalue weighted by molar-refractivity contribution is -0.0547. The van der Waals surface area contributed by atoms with Crippen LogP contribution in [0, 0.1) is 17.2 Å². The molecule has 2 aliphatic rings. The van der Waals surface area contributed by atoms with Crippen LogP contribution in [0.1, 0.15) is 61.6 Å². The number of nitrogens with zero attached hydrogens (tertiary/aromatic N) is 5. The van der Waals surface area contributed by atoms with Gasteiger partial charge in [-0.25, -0.2) is 4.98 Å². The molecule has 36 heavy (non-hydrogen) atoms. The number of hydrogen-bond donors (Lipinski definition) is 2. The summed E-state index contributed by atoms with van der Waals surface area (Å²) in [6.45, 7) is 17.6. The Balaban J connectivity index is 1.82. The van der Waals surface area contributed by atoms with Gasteiger partial charge in [-0.05, 0) is 22.2 Å². The molecule has 4 N–H and O–H groups in total. The van der Waals surface area contributed by atoms with Gasteiger partial charge in [-0.2, -0.15) is 15.2 Å². The van der Waals surface area contributed by atoms with Crippen molar-refractivity contribution in [1.29, 1.82) is 5.26 Å². The van der Waals surface area contributed by atoms with Crippen molar-refractivity contribution in [3.05, 3.63) is 6.33 Å². The van der Waals surface area contributed by atoms with Crippen molar-refractivity contribution in [2.45, 2.75) is 96.0 Å². The first-order valence-corrected chi connectivity index (χ1v) is 16.6. The smallest absolute Gasteiger partial charge is 0.335 e. The molecule has 198 valence electrons.